The molecular weight excluding hydrogens is 446 g/mol. The Morgan fingerprint density at radius 2 is 1.88 bits per heavy atom. The summed E-state index contributed by atoms with van der Waals surface area (Å²) in [7, 11) is 0. The van der Waals surface area contributed by atoms with Gasteiger partial charge >= 0.3 is 5.69 Å². The molecule has 2 aromatic carbocycles. The molecule has 0 saturated carbocycles. The molecule has 0 aliphatic heterocycles. The molecule has 34 heavy (non-hydrogen) atoms. The first-order valence-corrected chi connectivity index (χ1v) is 10.4. The van der Waals surface area contributed by atoms with Gasteiger partial charge in [0.2, 0.25) is 0 Å². The highest BCUT2D eigenvalue weighted by atomic mass is 19.2. The van der Waals surface area contributed by atoms with Gasteiger partial charge < -0.3 is 24.4 Å². The van der Waals surface area contributed by atoms with Crippen molar-refractivity contribution in [3.8, 4) is 5.75 Å². The second kappa shape index (κ2) is 9.86. The van der Waals surface area contributed by atoms with E-state index in [9.17, 15) is 23.5 Å². The summed E-state index contributed by atoms with van der Waals surface area (Å²) in [6.45, 7) is 3.83. The molecule has 0 aliphatic carbocycles. The molecule has 0 amide bonds. The maximum atomic E-state index is 13.5. The Labute approximate surface area is 192 Å². The number of benzene rings is 2. The van der Waals surface area contributed by atoms with Crippen LogP contribution in [0.5, 0.6) is 5.75 Å². The Balaban J connectivity index is 1.43. The van der Waals surface area contributed by atoms with Crippen LogP contribution >= 0.6 is 0 Å². The SMILES string of the molecule is C=C[C@H](COc1ccc2[nH]c(=O)[nH]c2c1)NC(O)c1cccn(Cc2ccc(F)c(F)c2)c1=O. The molecule has 2 aromatic heterocycles. The van der Waals surface area contributed by atoms with Crippen molar-refractivity contribution >= 4 is 11.0 Å². The fourth-order valence-electron chi connectivity index (χ4n) is 3.49. The third kappa shape index (κ3) is 5.13. The number of H-pyrrole nitrogens is 2. The molecule has 176 valence electrons. The summed E-state index contributed by atoms with van der Waals surface area (Å²) in [5.74, 6) is -1.47. The average molecular weight is 468 g/mol. The molecule has 0 spiro atoms. The molecule has 0 saturated heterocycles. The summed E-state index contributed by atoms with van der Waals surface area (Å²) in [4.78, 5) is 29.5. The maximum absolute atomic E-state index is 13.5. The van der Waals surface area contributed by atoms with E-state index in [4.69, 9.17) is 4.74 Å². The van der Waals surface area contributed by atoms with Crippen LogP contribution in [-0.2, 0) is 6.54 Å². The Hall–Kier alpha value is -4.02. The van der Waals surface area contributed by atoms with Crippen LogP contribution in [0.2, 0.25) is 0 Å². The van der Waals surface area contributed by atoms with Crippen molar-refractivity contribution in [2.75, 3.05) is 6.61 Å². The topological polar surface area (TPSA) is 112 Å². The van der Waals surface area contributed by atoms with E-state index in [1.807, 2.05) is 0 Å². The number of aromatic amines is 2. The summed E-state index contributed by atoms with van der Waals surface area (Å²) < 4.78 is 33.7. The highest BCUT2D eigenvalue weighted by molar-refractivity contribution is 5.75. The number of halogens is 2. The van der Waals surface area contributed by atoms with Gasteiger partial charge in [0.1, 0.15) is 18.6 Å². The van der Waals surface area contributed by atoms with Crippen LogP contribution in [0.3, 0.4) is 0 Å². The molecule has 0 bridgehead atoms. The highest BCUT2D eigenvalue weighted by Crippen LogP contribution is 2.17. The Morgan fingerprint density at radius 1 is 1.09 bits per heavy atom. The summed E-state index contributed by atoms with van der Waals surface area (Å²) in [5.41, 5.74) is 0.908. The molecule has 0 radical (unpaired) electrons. The molecule has 4 rings (SSSR count). The van der Waals surface area contributed by atoms with E-state index < -0.39 is 29.5 Å². The number of nitrogens with zero attached hydrogens (tertiary/aromatic N) is 1. The summed E-state index contributed by atoms with van der Waals surface area (Å²) in [6, 6.07) is 11.0. The molecule has 8 nitrogen and oxygen atoms in total. The van der Waals surface area contributed by atoms with Gasteiger partial charge in [0, 0.05) is 12.3 Å². The number of hydrogen-bond acceptors (Lipinski definition) is 5. The lowest BCUT2D eigenvalue weighted by atomic mass is 10.2. The summed E-state index contributed by atoms with van der Waals surface area (Å²) >= 11 is 0. The van der Waals surface area contributed by atoms with E-state index in [-0.39, 0.29) is 24.4 Å². The minimum Gasteiger partial charge on any atom is -0.492 e. The lowest BCUT2D eigenvalue weighted by molar-refractivity contribution is 0.116. The Morgan fingerprint density at radius 3 is 2.65 bits per heavy atom. The van der Waals surface area contributed by atoms with E-state index in [0.717, 1.165) is 12.1 Å². The van der Waals surface area contributed by atoms with Crippen LogP contribution < -0.4 is 21.3 Å². The van der Waals surface area contributed by atoms with Gasteiger partial charge in [0.15, 0.2) is 11.6 Å². The first kappa shape index (κ1) is 23.1. The number of nitrogens with one attached hydrogen (secondary N) is 3. The maximum Gasteiger partial charge on any atom is 0.323 e. The van der Waals surface area contributed by atoms with Gasteiger partial charge in [-0.15, -0.1) is 6.58 Å². The largest absolute Gasteiger partial charge is 0.492 e. The number of hydrogen-bond donors (Lipinski definition) is 4. The minimum absolute atomic E-state index is 0.00825. The average Bonchev–Trinajstić information content (AvgIpc) is 3.19. The van der Waals surface area contributed by atoms with Crippen molar-refractivity contribution in [2.45, 2.75) is 18.8 Å². The fraction of sp³-hybridized carbons (Fsp3) is 0.167. The standard InChI is InChI=1S/C24H22F2N4O4/c1-2-15(13-34-16-6-8-20-21(11-16)29-24(33)28-20)27-22(31)17-4-3-9-30(23(17)32)12-14-5-7-18(25)19(26)10-14/h2-11,15,22,27,31H,1,12-13H2,(H2,28,29,33)/t15-,22?/m1/s1. The van der Waals surface area contributed by atoms with Gasteiger partial charge in [0.05, 0.1) is 29.2 Å². The molecule has 10 heteroatoms. The van der Waals surface area contributed by atoms with Crippen molar-refractivity contribution in [3.63, 3.8) is 0 Å². The van der Waals surface area contributed by atoms with E-state index in [1.165, 1.54) is 29.0 Å². The number of fused-ring (bicyclic) bond motifs is 1. The van der Waals surface area contributed by atoms with Crippen LogP contribution in [0.1, 0.15) is 17.4 Å². The quantitative estimate of drug-likeness (QED) is 0.223. The highest BCUT2D eigenvalue weighted by Gasteiger charge is 2.17. The third-order valence-electron chi connectivity index (χ3n) is 5.25. The molecular formula is C24H22F2N4O4. The van der Waals surface area contributed by atoms with E-state index >= 15 is 0 Å². The van der Waals surface area contributed by atoms with Gasteiger partial charge in [-0.3, -0.25) is 10.1 Å². The van der Waals surface area contributed by atoms with Crippen LogP contribution in [0.4, 0.5) is 8.78 Å². The van der Waals surface area contributed by atoms with Gasteiger partial charge in [-0.25, -0.2) is 13.6 Å². The van der Waals surface area contributed by atoms with Crippen molar-refractivity contribution < 1.29 is 18.6 Å². The van der Waals surface area contributed by atoms with E-state index in [2.05, 4.69) is 21.9 Å². The number of aromatic nitrogens is 3. The Bertz CT molecular complexity index is 1440. The van der Waals surface area contributed by atoms with Crippen molar-refractivity contribution in [3.05, 3.63) is 111 Å². The smallest absolute Gasteiger partial charge is 0.323 e. The number of rotatable bonds is 9. The molecule has 1 unspecified atom stereocenters. The van der Waals surface area contributed by atoms with Crippen LogP contribution in [0.15, 0.2) is 77.0 Å². The molecule has 0 aliphatic rings. The molecule has 4 aromatic rings. The number of aliphatic hydroxyl groups is 1. The molecule has 2 atom stereocenters. The van der Waals surface area contributed by atoms with E-state index in [0.29, 0.717) is 22.3 Å². The number of ether oxygens (including phenoxy) is 1. The molecule has 0 fully saturated rings. The van der Waals surface area contributed by atoms with Crippen LogP contribution in [-0.4, -0.2) is 32.3 Å². The van der Waals surface area contributed by atoms with Crippen molar-refractivity contribution in [1.82, 2.24) is 19.9 Å². The zero-order valence-electron chi connectivity index (χ0n) is 17.9. The van der Waals surface area contributed by atoms with Gasteiger partial charge in [0.25, 0.3) is 5.56 Å². The number of pyridine rings is 1. The number of imidazole rings is 1. The minimum atomic E-state index is -1.33. The lowest BCUT2D eigenvalue weighted by Gasteiger charge is -2.20. The Kier molecular flexibility index (Phi) is 6.71. The first-order valence-electron chi connectivity index (χ1n) is 10.4. The normalized spacial score (nSPS) is 13.0. The summed E-state index contributed by atoms with van der Waals surface area (Å²) in [5, 5.41) is 13.5. The van der Waals surface area contributed by atoms with E-state index in [1.54, 1.807) is 24.3 Å². The second-order valence-corrected chi connectivity index (χ2v) is 7.65. The predicted octanol–water partition coefficient (Wildman–Crippen LogP) is 2.56. The zero-order chi connectivity index (χ0) is 24.2. The first-order chi connectivity index (χ1) is 16.3. The van der Waals surface area contributed by atoms with Crippen molar-refractivity contribution in [2.24, 2.45) is 0 Å². The lowest BCUT2D eigenvalue weighted by Crippen LogP contribution is -2.39. The third-order valence-corrected chi connectivity index (χ3v) is 5.25. The predicted molar refractivity (Wildman–Crippen MR) is 123 cm³/mol. The fourth-order valence-corrected chi connectivity index (χ4v) is 3.49. The number of aliphatic hydroxyl groups excluding tert-OH is 1. The van der Waals surface area contributed by atoms with Gasteiger partial charge in [-0.1, -0.05) is 12.1 Å². The summed E-state index contributed by atoms with van der Waals surface area (Å²) in [6.07, 6.45) is 1.69. The van der Waals surface area contributed by atoms with Crippen LogP contribution in [0, 0.1) is 11.6 Å². The second-order valence-electron chi connectivity index (χ2n) is 7.65. The van der Waals surface area contributed by atoms with Crippen LogP contribution in [0.25, 0.3) is 11.0 Å². The molecule has 2 heterocycles. The monoisotopic (exact) mass is 468 g/mol. The van der Waals surface area contributed by atoms with Gasteiger partial charge in [-0.2, -0.15) is 0 Å². The van der Waals surface area contributed by atoms with Crippen molar-refractivity contribution in [1.29, 1.82) is 0 Å². The van der Waals surface area contributed by atoms with Gasteiger partial charge in [-0.05, 0) is 42.0 Å². The zero-order valence-corrected chi connectivity index (χ0v) is 17.9. The molecule has 4 N–H and O–H groups in total.